The molecule has 0 spiro atoms. The van der Waals surface area contributed by atoms with Crippen LogP contribution in [0.5, 0.6) is 0 Å². The van der Waals surface area contributed by atoms with Gasteiger partial charge in [0.05, 0.1) is 29.5 Å². The number of anilines is 1. The Labute approximate surface area is 160 Å². The number of carbonyl (C=O) groups excluding carboxylic acids is 2. The molecule has 1 aromatic heterocycles. The summed E-state index contributed by atoms with van der Waals surface area (Å²) >= 11 is 0. The summed E-state index contributed by atoms with van der Waals surface area (Å²) in [5.41, 5.74) is 1.92. The third-order valence-corrected chi connectivity index (χ3v) is 4.48. The number of benzene rings is 1. The Hall–Kier alpha value is -3.54. The number of halogens is 2. The Morgan fingerprint density at radius 1 is 1.46 bits per heavy atom. The van der Waals surface area contributed by atoms with Crippen LogP contribution in [0, 0.1) is 29.9 Å². The first-order valence-electron chi connectivity index (χ1n) is 8.49. The van der Waals surface area contributed by atoms with Crippen molar-refractivity contribution >= 4 is 17.6 Å². The highest BCUT2D eigenvalue weighted by Crippen LogP contribution is 2.27. The lowest BCUT2D eigenvalue weighted by Gasteiger charge is -2.29. The van der Waals surface area contributed by atoms with Crippen LogP contribution in [0.4, 0.5) is 19.3 Å². The number of aromatic nitrogens is 1. The third-order valence-electron chi connectivity index (χ3n) is 4.48. The molecule has 1 atom stereocenters. The molecule has 0 saturated carbocycles. The molecule has 0 saturated heterocycles. The van der Waals surface area contributed by atoms with Gasteiger partial charge in [-0.1, -0.05) is 0 Å². The van der Waals surface area contributed by atoms with Crippen LogP contribution >= 0.6 is 0 Å². The van der Waals surface area contributed by atoms with Crippen LogP contribution in [0.3, 0.4) is 0 Å². The monoisotopic (exact) mass is 385 g/mol. The second-order valence-corrected chi connectivity index (χ2v) is 6.50. The number of hydrogen-bond acceptors (Lipinski definition) is 4. The van der Waals surface area contributed by atoms with Crippen LogP contribution in [0.15, 0.2) is 24.4 Å². The molecule has 28 heavy (non-hydrogen) atoms. The Morgan fingerprint density at radius 3 is 2.89 bits per heavy atom. The van der Waals surface area contributed by atoms with E-state index >= 15 is 0 Å². The molecular weight excluding hydrogens is 368 g/mol. The molecule has 7 nitrogen and oxygen atoms in total. The number of rotatable bonds is 4. The summed E-state index contributed by atoms with van der Waals surface area (Å²) in [6, 6.07) is 4.90. The number of fused-ring (bicyclic) bond motifs is 1. The molecule has 0 radical (unpaired) electrons. The van der Waals surface area contributed by atoms with E-state index in [4.69, 9.17) is 5.26 Å². The number of aryl methyl sites for hydroxylation is 1. The Morgan fingerprint density at radius 2 is 2.21 bits per heavy atom. The first-order valence-corrected chi connectivity index (χ1v) is 8.49. The van der Waals surface area contributed by atoms with Crippen molar-refractivity contribution in [1.29, 1.82) is 5.26 Å². The topological polar surface area (TPSA) is 98.1 Å². The molecule has 2 heterocycles. The van der Waals surface area contributed by atoms with Crippen molar-refractivity contribution in [3.8, 4) is 6.07 Å². The third kappa shape index (κ3) is 3.76. The van der Waals surface area contributed by atoms with Crippen molar-refractivity contribution in [3.05, 3.63) is 58.4 Å². The van der Waals surface area contributed by atoms with E-state index in [-0.39, 0.29) is 24.3 Å². The van der Waals surface area contributed by atoms with Crippen molar-refractivity contribution in [2.75, 3.05) is 11.9 Å². The van der Waals surface area contributed by atoms with E-state index in [2.05, 4.69) is 15.6 Å². The number of nitrogens with zero attached hydrogens (tertiary/aromatic N) is 3. The van der Waals surface area contributed by atoms with E-state index < -0.39 is 29.6 Å². The quantitative estimate of drug-likeness (QED) is 0.846. The van der Waals surface area contributed by atoms with Crippen LogP contribution in [0.25, 0.3) is 0 Å². The van der Waals surface area contributed by atoms with Crippen molar-refractivity contribution in [3.63, 3.8) is 0 Å². The summed E-state index contributed by atoms with van der Waals surface area (Å²) < 4.78 is 27.4. The van der Waals surface area contributed by atoms with Crippen LogP contribution < -0.4 is 10.6 Å². The molecule has 1 aromatic carbocycles. The summed E-state index contributed by atoms with van der Waals surface area (Å²) in [4.78, 5) is 29.7. The van der Waals surface area contributed by atoms with Crippen LogP contribution in [0.1, 0.15) is 35.3 Å². The average Bonchev–Trinajstić information content (AvgIpc) is 2.66. The lowest BCUT2D eigenvalue weighted by Crippen LogP contribution is -2.45. The van der Waals surface area contributed by atoms with E-state index in [9.17, 15) is 18.4 Å². The second-order valence-electron chi connectivity index (χ2n) is 6.50. The maximum absolute atomic E-state index is 14.0. The lowest BCUT2D eigenvalue weighted by molar-refractivity contribution is -0.122. The Balaban J connectivity index is 1.67. The largest absolute Gasteiger partial charge is 0.346 e. The molecule has 3 amide bonds. The molecule has 0 aliphatic carbocycles. The number of nitriles is 1. The normalized spacial score (nSPS) is 14.0. The van der Waals surface area contributed by atoms with Crippen molar-refractivity contribution in [1.82, 2.24) is 15.2 Å². The predicted octanol–water partition coefficient (Wildman–Crippen LogP) is 2.76. The number of nitrogens with one attached hydrogen (secondary N) is 2. The number of pyridine rings is 1. The van der Waals surface area contributed by atoms with Gasteiger partial charge in [0, 0.05) is 11.8 Å². The average molecular weight is 385 g/mol. The highest BCUT2D eigenvalue weighted by molar-refractivity contribution is 5.94. The summed E-state index contributed by atoms with van der Waals surface area (Å²) in [6.45, 7) is 2.93. The molecule has 2 N–H and O–H groups in total. The maximum Gasteiger partial charge on any atom is 0.322 e. The molecular formula is C19H17F2N5O2. The fourth-order valence-corrected chi connectivity index (χ4v) is 2.91. The van der Waals surface area contributed by atoms with E-state index in [0.717, 1.165) is 16.5 Å². The van der Waals surface area contributed by atoms with Crippen molar-refractivity contribution < 1.29 is 18.4 Å². The number of urea groups is 1. The van der Waals surface area contributed by atoms with Gasteiger partial charge < -0.3 is 15.5 Å². The van der Waals surface area contributed by atoms with E-state index in [1.807, 2.05) is 6.07 Å². The fraction of sp³-hybridized carbons (Fsp3) is 0.263. The molecule has 0 fully saturated rings. The summed E-state index contributed by atoms with van der Waals surface area (Å²) in [5.74, 6) is -2.55. The molecule has 1 aliphatic rings. The number of carbonyl (C=O) groups is 2. The van der Waals surface area contributed by atoms with Gasteiger partial charge in [-0.05, 0) is 37.6 Å². The minimum absolute atomic E-state index is 0.00941. The first kappa shape index (κ1) is 19.2. The fourth-order valence-electron chi connectivity index (χ4n) is 2.91. The maximum atomic E-state index is 14.0. The van der Waals surface area contributed by atoms with Gasteiger partial charge in [-0.15, -0.1) is 0 Å². The molecule has 3 rings (SSSR count). The van der Waals surface area contributed by atoms with Gasteiger partial charge >= 0.3 is 6.03 Å². The zero-order valence-electron chi connectivity index (χ0n) is 15.2. The predicted molar refractivity (Wildman–Crippen MR) is 96.0 cm³/mol. The summed E-state index contributed by atoms with van der Waals surface area (Å²) in [5, 5.41) is 14.1. The lowest BCUT2D eigenvalue weighted by atomic mass is 10.1. The van der Waals surface area contributed by atoms with Crippen LogP contribution in [-0.2, 0) is 11.3 Å². The Bertz CT molecular complexity index is 1000. The molecule has 0 unspecified atom stereocenters. The Kier molecular flexibility index (Phi) is 5.22. The highest BCUT2D eigenvalue weighted by atomic mass is 19.2. The second kappa shape index (κ2) is 7.60. The standard InChI is InChI=1S/C19H17F2N5O2/c1-10-5-16(23-7-12(10)6-22)11(2)24-17(27)9-26-8-13-15(25-19(26)28)4-3-14(20)18(13)21/h3-5,7,11H,8-9H2,1-2H3,(H,24,27)(H,25,28)/t11-/m0/s1. The SMILES string of the molecule is Cc1cc([C@H](C)NC(=O)CN2Cc3c(ccc(F)c3F)NC2=O)ncc1C#N. The van der Waals surface area contributed by atoms with Gasteiger partial charge in [-0.2, -0.15) is 5.26 Å². The molecule has 9 heteroatoms. The molecule has 2 aromatic rings. The van der Waals surface area contributed by atoms with Crippen molar-refractivity contribution in [2.24, 2.45) is 0 Å². The van der Waals surface area contributed by atoms with Gasteiger partial charge in [-0.3, -0.25) is 9.78 Å². The smallest absolute Gasteiger partial charge is 0.322 e. The first-order chi connectivity index (χ1) is 13.3. The molecule has 1 aliphatic heterocycles. The van der Waals surface area contributed by atoms with Gasteiger partial charge in [0.1, 0.15) is 12.6 Å². The molecule has 144 valence electrons. The summed E-state index contributed by atoms with van der Waals surface area (Å²) in [6.07, 6.45) is 1.43. The van der Waals surface area contributed by atoms with Crippen molar-refractivity contribution in [2.45, 2.75) is 26.4 Å². The van der Waals surface area contributed by atoms with E-state index in [1.54, 1.807) is 19.9 Å². The highest BCUT2D eigenvalue weighted by Gasteiger charge is 2.28. The zero-order valence-corrected chi connectivity index (χ0v) is 15.2. The van der Waals surface area contributed by atoms with Crippen LogP contribution in [-0.4, -0.2) is 28.4 Å². The van der Waals surface area contributed by atoms with Gasteiger partial charge in [0.2, 0.25) is 5.91 Å². The van der Waals surface area contributed by atoms with Gasteiger partial charge in [-0.25, -0.2) is 13.6 Å². The molecule has 0 bridgehead atoms. The minimum atomic E-state index is -1.05. The van der Waals surface area contributed by atoms with Gasteiger partial charge in [0.15, 0.2) is 11.6 Å². The summed E-state index contributed by atoms with van der Waals surface area (Å²) in [7, 11) is 0. The van der Waals surface area contributed by atoms with Crippen LogP contribution in [0.2, 0.25) is 0 Å². The number of hydrogen-bond donors (Lipinski definition) is 2. The van der Waals surface area contributed by atoms with Gasteiger partial charge in [0.25, 0.3) is 0 Å². The van der Waals surface area contributed by atoms with E-state index in [1.165, 1.54) is 12.3 Å². The van der Waals surface area contributed by atoms with E-state index in [0.29, 0.717) is 11.3 Å². The minimum Gasteiger partial charge on any atom is -0.346 e. The number of amides is 3. The zero-order chi connectivity index (χ0) is 20.4.